The second-order valence-electron chi connectivity index (χ2n) is 6.26. The minimum absolute atomic E-state index is 0.111. The van der Waals surface area contributed by atoms with Crippen molar-refractivity contribution in [2.45, 2.75) is 68.5 Å². The van der Waals surface area contributed by atoms with Gasteiger partial charge in [-0.3, -0.25) is 0 Å². The highest BCUT2D eigenvalue weighted by molar-refractivity contribution is 7.89. The van der Waals surface area contributed by atoms with Crippen LogP contribution in [0.1, 0.15) is 50.5 Å². The topological polar surface area (TPSA) is 58.2 Å². The lowest BCUT2D eigenvalue weighted by molar-refractivity contribution is 0.412. The van der Waals surface area contributed by atoms with Gasteiger partial charge in [0.2, 0.25) is 10.0 Å². The van der Waals surface area contributed by atoms with Gasteiger partial charge in [0.1, 0.15) is 0 Å². The summed E-state index contributed by atoms with van der Waals surface area (Å²) in [4.78, 5) is 0.378. The van der Waals surface area contributed by atoms with E-state index in [1.807, 2.05) is 12.1 Å². The Morgan fingerprint density at radius 1 is 0.905 bits per heavy atom. The van der Waals surface area contributed by atoms with Crippen molar-refractivity contribution in [2.75, 3.05) is 0 Å². The molecule has 0 unspecified atom stereocenters. The van der Waals surface area contributed by atoms with Crippen molar-refractivity contribution in [3.05, 3.63) is 29.8 Å². The number of hydrogen-bond acceptors (Lipinski definition) is 3. The molecule has 3 rings (SSSR count). The molecule has 0 atom stereocenters. The monoisotopic (exact) mass is 308 g/mol. The molecule has 2 aliphatic rings. The Morgan fingerprint density at radius 2 is 1.57 bits per heavy atom. The van der Waals surface area contributed by atoms with Crippen LogP contribution in [-0.2, 0) is 16.6 Å². The minimum Gasteiger partial charge on any atom is -0.310 e. The van der Waals surface area contributed by atoms with Crippen LogP contribution in [0.4, 0.5) is 0 Å². The van der Waals surface area contributed by atoms with Gasteiger partial charge in [0.15, 0.2) is 0 Å². The molecule has 2 N–H and O–H groups in total. The summed E-state index contributed by atoms with van der Waals surface area (Å²) >= 11 is 0. The van der Waals surface area contributed by atoms with Crippen LogP contribution in [-0.4, -0.2) is 20.5 Å². The zero-order valence-electron chi connectivity index (χ0n) is 12.3. The summed E-state index contributed by atoms with van der Waals surface area (Å²) < 4.78 is 27.6. The molecule has 0 bridgehead atoms. The van der Waals surface area contributed by atoms with E-state index in [9.17, 15) is 8.42 Å². The van der Waals surface area contributed by atoms with Crippen LogP contribution in [0, 0.1) is 0 Å². The Labute approximate surface area is 127 Å². The van der Waals surface area contributed by atoms with E-state index in [0.717, 1.165) is 37.8 Å². The van der Waals surface area contributed by atoms with E-state index >= 15 is 0 Å². The highest BCUT2D eigenvalue weighted by Crippen LogP contribution is 2.21. The molecule has 0 radical (unpaired) electrons. The van der Waals surface area contributed by atoms with Gasteiger partial charge in [-0.05, 0) is 43.4 Å². The molecule has 0 saturated heterocycles. The molecule has 1 aromatic rings. The minimum atomic E-state index is -3.37. The maximum Gasteiger partial charge on any atom is 0.240 e. The van der Waals surface area contributed by atoms with Gasteiger partial charge in [0.05, 0.1) is 4.90 Å². The number of benzene rings is 1. The summed E-state index contributed by atoms with van der Waals surface area (Å²) in [5, 5.41) is 3.43. The summed E-state index contributed by atoms with van der Waals surface area (Å²) in [6, 6.07) is 8.03. The molecule has 0 amide bonds. The molecule has 2 aliphatic carbocycles. The van der Waals surface area contributed by atoms with Crippen LogP contribution in [0.3, 0.4) is 0 Å². The predicted octanol–water partition coefficient (Wildman–Crippen LogP) is 2.55. The van der Waals surface area contributed by atoms with E-state index in [-0.39, 0.29) is 6.04 Å². The first-order valence-electron chi connectivity index (χ1n) is 7.98. The van der Waals surface area contributed by atoms with E-state index in [1.165, 1.54) is 19.3 Å². The zero-order valence-corrected chi connectivity index (χ0v) is 13.2. The molecule has 5 heteroatoms. The molecule has 0 aromatic heterocycles. The van der Waals surface area contributed by atoms with Gasteiger partial charge in [-0.25, -0.2) is 13.1 Å². The fraction of sp³-hybridized carbons (Fsp3) is 0.625. The third kappa shape index (κ3) is 4.28. The van der Waals surface area contributed by atoms with Crippen LogP contribution in [0.2, 0.25) is 0 Å². The predicted molar refractivity (Wildman–Crippen MR) is 83.5 cm³/mol. The van der Waals surface area contributed by atoms with Gasteiger partial charge >= 0.3 is 0 Å². The van der Waals surface area contributed by atoms with Crippen molar-refractivity contribution in [1.29, 1.82) is 0 Å². The van der Waals surface area contributed by atoms with Crippen LogP contribution in [0.5, 0.6) is 0 Å². The molecular formula is C16H24N2O2S. The third-order valence-corrected chi connectivity index (χ3v) is 5.87. The van der Waals surface area contributed by atoms with Crippen molar-refractivity contribution in [3.8, 4) is 0 Å². The highest BCUT2D eigenvalue weighted by Gasteiger charge is 2.22. The van der Waals surface area contributed by atoms with Gasteiger partial charge in [-0.2, -0.15) is 0 Å². The van der Waals surface area contributed by atoms with Crippen molar-refractivity contribution < 1.29 is 8.42 Å². The van der Waals surface area contributed by atoms with Crippen molar-refractivity contribution in [3.63, 3.8) is 0 Å². The van der Waals surface area contributed by atoms with Gasteiger partial charge in [-0.15, -0.1) is 0 Å². The lowest BCUT2D eigenvalue weighted by Crippen LogP contribution is -2.36. The summed E-state index contributed by atoms with van der Waals surface area (Å²) in [6.45, 7) is 0.820. The quantitative estimate of drug-likeness (QED) is 0.849. The van der Waals surface area contributed by atoms with Crippen LogP contribution < -0.4 is 10.0 Å². The van der Waals surface area contributed by atoms with E-state index in [2.05, 4.69) is 10.0 Å². The van der Waals surface area contributed by atoms with Crippen molar-refractivity contribution in [1.82, 2.24) is 10.0 Å². The van der Waals surface area contributed by atoms with E-state index in [1.54, 1.807) is 12.1 Å². The number of rotatable bonds is 6. The van der Waals surface area contributed by atoms with Crippen LogP contribution in [0.25, 0.3) is 0 Å². The van der Waals surface area contributed by atoms with E-state index < -0.39 is 10.0 Å². The summed E-state index contributed by atoms with van der Waals surface area (Å²) in [5.41, 5.74) is 1.14. The average Bonchev–Trinajstić information content (AvgIpc) is 3.30. The fourth-order valence-electron chi connectivity index (χ4n) is 2.84. The second kappa shape index (κ2) is 6.46. The first kappa shape index (κ1) is 15.0. The van der Waals surface area contributed by atoms with Gasteiger partial charge < -0.3 is 5.32 Å². The zero-order chi connectivity index (χ0) is 14.7. The molecule has 1 aromatic carbocycles. The lowest BCUT2D eigenvalue weighted by atomic mass is 9.96. The van der Waals surface area contributed by atoms with Crippen LogP contribution >= 0.6 is 0 Å². The Kier molecular flexibility index (Phi) is 4.62. The summed E-state index contributed by atoms with van der Waals surface area (Å²) in [6.07, 6.45) is 7.92. The molecule has 21 heavy (non-hydrogen) atoms. The Morgan fingerprint density at radius 3 is 2.19 bits per heavy atom. The number of nitrogens with one attached hydrogen (secondary N) is 2. The van der Waals surface area contributed by atoms with E-state index in [0.29, 0.717) is 10.9 Å². The SMILES string of the molecule is O=S(=O)(NC1CCCCC1)c1ccc(CNC2CC2)cc1. The maximum absolute atomic E-state index is 12.4. The largest absolute Gasteiger partial charge is 0.310 e. The number of sulfonamides is 1. The van der Waals surface area contributed by atoms with Gasteiger partial charge in [-0.1, -0.05) is 31.4 Å². The first-order chi connectivity index (χ1) is 10.1. The Bertz CT molecular complexity index is 558. The maximum atomic E-state index is 12.4. The Balaban J connectivity index is 1.60. The standard InChI is InChI=1S/C16H24N2O2S/c19-21(20,18-15-4-2-1-3-5-15)16-10-6-13(7-11-16)12-17-14-8-9-14/h6-7,10-11,14-15,17-18H,1-5,8-9,12H2. The summed E-state index contributed by atoms with van der Waals surface area (Å²) in [5.74, 6) is 0. The van der Waals surface area contributed by atoms with Crippen LogP contribution in [0.15, 0.2) is 29.2 Å². The average molecular weight is 308 g/mol. The molecule has 0 aliphatic heterocycles. The van der Waals surface area contributed by atoms with Gasteiger partial charge in [0, 0.05) is 18.6 Å². The first-order valence-corrected chi connectivity index (χ1v) is 9.46. The van der Waals surface area contributed by atoms with E-state index in [4.69, 9.17) is 0 Å². The molecule has 2 saturated carbocycles. The molecular weight excluding hydrogens is 284 g/mol. The highest BCUT2D eigenvalue weighted by atomic mass is 32.2. The molecule has 4 nitrogen and oxygen atoms in total. The molecule has 2 fully saturated rings. The smallest absolute Gasteiger partial charge is 0.240 e. The molecule has 116 valence electrons. The molecule has 0 heterocycles. The third-order valence-electron chi connectivity index (χ3n) is 4.33. The normalized spacial score (nSPS) is 20.6. The summed E-state index contributed by atoms with van der Waals surface area (Å²) in [7, 11) is -3.37. The van der Waals surface area contributed by atoms with Crippen molar-refractivity contribution in [2.24, 2.45) is 0 Å². The fourth-order valence-corrected chi connectivity index (χ4v) is 4.15. The molecule has 0 spiro atoms. The lowest BCUT2D eigenvalue weighted by Gasteiger charge is -2.22. The van der Waals surface area contributed by atoms with Crippen molar-refractivity contribution >= 4 is 10.0 Å². The second-order valence-corrected chi connectivity index (χ2v) is 7.97. The van der Waals surface area contributed by atoms with Gasteiger partial charge in [0.25, 0.3) is 0 Å². The Hall–Kier alpha value is -0.910. The number of hydrogen-bond donors (Lipinski definition) is 2.